The highest BCUT2D eigenvalue weighted by Crippen LogP contribution is 2.40. The molecule has 1 atom stereocenters. The van der Waals surface area contributed by atoms with Crippen molar-refractivity contribution in [3.05, 3.63) is 36.4 Å². The van der Waals surface area contributed by atoms with E-state index in [0.29, 0.717) is 18.4 Å². The van der Waals surface area contributed by atoms with Crippen LogP contribution in [0.15, 0.2) is 36.4 Å². The number of hydrogen-bond acceptors (Lipinski definition) is 3. The molecule has 2 aliphatic rings. The molecule has 0 saturated carbocycles. The smallest absolute Gasteiger partial charge is 0.222 e. The average Bonchev–Trinajstić information content (AvgIpc) is 2.63. The summed E-state index contributed by atoms with van der Waals surface area (Å²) in [6.45, 7) is 7.22. The van der Waals surface area contributed by atoms with Crippen molar-refractivity contribution in [2.24, 2.45) is 5.41 Å². The number of carbonyl (C=O) groups is 1. The maximum atomic E-state index is 12.3. The molecule has 2 fully saturated rings. The molecule has 2 aliphatic heterocycles. The molecular formula is C21H27N3O. The Labute approximate surface area is 149 Å². The SMILES string of the molecule is CC(C)N1C[C@@]2(CCCN(c3ccc4ccccc4n3)C2)CCC1=O. The van der Waals surface area contributed by atoms with Crippen LogP contribution in [0.4, 0.5) is 5.82 Å². The second-order valence-corrected chi connectivity index (χ2v) is 8.00. The zero-order valence-corrected chi connectivity index (χ0v) is 15.2. The number of rotatable bonds is 2. The number of pyridine rings is 1. The molecule has 1 aromatic carbocycles. The Balaban J connectivity index is 1.58. The lowest BCUT2D eigenvalue weighted by Crippen LogP contribution is -2.55. The van der Waals surface area contributed by atoms with E-state index in [-0.39, 0.29) is 5.41 Å². The van der Waals surface area contributed by atoms with Gasteiger partial charge < -0.3 is 9.80 Å². The van der Waals surface area contributed by atoms with Gasteiger partial charge in [0.25, 0.3) is 0 Å². The van der Waals surface area contributed by atoms with E-state index in [0.717, 1.165) is 37.4 Å². The molecule has 4 nitrogen and oxygen atoms in total. The first-order chi connectivity index (χ1) is 12.1. The number of fused-ring (bicyclic) bond motifs is 1. The molecule has 25 heavy (non-hydrogen) atoms. The fourth-order valence-corrected chi connectivity index (χ4v) is 4.48. The van der Waals surface area contributed by atoms with E-state index >= 15 is 0 Å². The number of nitrogens with zero attached hydrogens (tertiary/aromatic N) is 3. The summed E-state index contributed by atoms with van der Waals surface area (Å²) in [5.41, 5.74) is 1.28. The Bertz CT molecular complexity index is 788. The summed E-state index contributed by atoms with van der Waals surface area (Å²) >= 11 is 0. The number of aromatic nitrogens is 1. The molecule has 0 N–H and O–H groups in total. The summed E-state index contributed by atoms with van der Waals surface area (Å²) < 4.78 is 0. The van der Waals surface area contributed by atoms with Gasteiger partial charge >= 0.3 is 0 Å². The van der Waals surface area contributed by atoms with Gasteiger partial charge in [-0.05, 0) is 51.3 Å². The van der Waals surface area contributed by atoms with E-state index in [4.69, 9.17) is 4.98 Å². The highest BCUT2D eigenvalue weighted by atomic mass is 16.2. The molecule has 4 rings (SSSR count). The van der Waals surface area contributed by atoms with Crippen LogP contribution in [0.2, 0.25) is 0 Å². The molecule has 0 bridgehead atoms. The van der Waals surface area contributed by atoms with E-state index in [2.05, 4.69) is 54.0 Å². The van der Waals surface area contributed by atoms with Crippen molar-refractivity contribution >= 4 is 22.6 Å². The zero-order chi connectivity index (χ0) is 17.4. The maximum Gasteiger partial charge on any atom is 0.222 e. The van der Waals surface area contributed by atoms with Crippen LogP contribution in [0.5, 0.6) is 0 Å². The number of amides is 1. The molecule has 0 aliphatic carbocycles. The fourth-order valence-electron chi connectivity index (χ4n) is 4.48. The van der Waals surface area contributed by atoms with Crippen molar-refractivity contribution in [1.29, 1.82) is 0 Å². The molecule has 2 saturated heterocycles. The van der Waals surface area contributed by atoms with Gasteiger partial charge in [-0.25, -0.2) is 4.98 Å². The van der Waals surface area contributed by atoms with Gasteiger partial charge in [0.2, 0.25) is 5.91 Å². The first-order valence-corrected chi connectivity index (χ1v) is 9.47. The molecule has 4 heteroatoms. The number of benzene rings is 1. The number of hydrogen-bond donors (Lipinski definition) is 0. The predicted octanol–water partition coefficient (Wildman–Crippen LogP) is 3.85. The van der Waals surface area contributed by atoms with Crippen LogP contribution in [-0.4, -0.2) is 41.5 Å². The zero-order valence-electron chi connectivity index (χ0n) is 15.2. The number of anilines is 1. The van der Waals surface area contributed by atoms with Crippen molar-refractivity contribution in [2.45, 2.75) is 45.6 Å². The largest absolute Gasteiger partial charge is 0.356 e. The van der Waals surface area contributed by atoms with Gasteiger partial charge in [-0.3, -0.25) is 4.79 Å². The molecule has 1 spiro atoms. The van der Waals surface area contributed by atoms with E-state index in [1.54, 1.807) is 0 Å². The normalized spacial score (nSPS) is 24.5. The molecule has 0 radical (unpaired) electrons. The first-order valence-electron chi connectivity index (χ1n) is 9.47. The summed E-state index contributed by atoms with van der Waals surface area (Å²) in [7, 11) is 0. The second kappa shape index (κ2) is 6.32. The number of para-hydroxylation sites is 1. The average molecular weight is 337 g/mol. The van der Waals surface area contributed by atoms with Crippen molar-refractivity contribution < 1.29 is 4.79 Å². The molecule has 2 aromatic rings. The van der Waals surface area contributed by atoms with Crippen LogP contribution in [0.25, 0.3) is 10.9 Å². The van der Waals surface area contributed by atoms with Gasteiger partial charge in [-0.2, -0.15) is 0 Å². The van der Waals surface area contributed by atoms with Crippen LogP contribution >= 0.6 is 0 Å². The third-order valence-corrected chi connectivity index (χ3v) is 5.89. The maximum absolute atomic E-state index is 12.3. The predicted molar refractivity (Wildman–Crippen MR) is 102 cm³/mol. The molecule has 1 aromatic heterocycles. The van der Waals surface area contributed by atoms with Gasteiger partial charge in [0, 0.05) is 42.9 Å². The van der Waals surface area contributed by atoms with Crippen molar-refractivity contribution in [1.82, 2.24) is 9.88 Å². The summed E-state index contributed by atoms with van der Waals surface area (Å²) in [5.74, 6) is 1.40. The fraction of sp³-hybridized carbons (Fsp3) is 0.524. The topological polar surface area (TPSA) is 36.4 Å². The van der Waals surface area contributed by atoms with Gasteiger partial charge in [0.15, 0.2) is 0 Å². The number of carbonyl (C=O) groups excluding carboxylic acids is 1. The van der Waals surface area contributed by atoms with E-state index < -0.39 is 0 Å². The van der Waals surface area contributed by atoms with Crippen LogP contribution in [0, 0.1) is 5.41 Å². The third kappa shape index (κ3) is 3.10. The van der Waals surface area contributed by atoms with Gasteiger partial charge in [-0.1, -0.05) is 18.2 Å². The van der Waals surface area contributed by atoms with Crippen molar-refractivity contribution in [3.8, 4) is 0 Å². The molecule has 0 unspecified atom stereocenters. The monoisotopic (exact) mass is 337 g/mol. The highest BCUT2D eigenvalue weighted by molar-refractivity contribution is 5.80. The quantitative estimate of drug-likeness (QED) is 0.835. The van der Waals surface area contributed by atoms with E-state index in [1.165, 1.54) is 18.2 Å². The van der Waals surface area contributed by atoms with Crippen LogP contribution in [0.3, 0.4) is 0 Å². The summed E-state index contributed by atoms with van der Waals surface area (Å²) in [6.07, 6.45) is 4.10. The lowest BCUT2D eigenvalue weighted by atomic mass is 9.73. The lowest BCUT2D eigenvalue weighted by molar-refractivity contribution is -0.140. The van der Waals surface area contributed by atoms with Gasteiger partial charge in [0.05, 0.1) is 5.52 Å². The Kier molecular flexibility index (Phi) is 4.14. The number of likely N-dealkylation sites (tertiary alicyclic amines) is 1. The Morgan fingerprint density at radius 1 is 1.08 bits per heavy atom. The Morgan fingerprint density at radius 2 is 1.92 bits per heavy atom. The molecule has 1 amide bonds. The Morgan fingerprint density at radius 3 is 2.76 bits per heavy atom. The van der Waals surface area contributed by atoms with Gasteiger partial charge in [-0.15, -0.1) is 0 Å². The van der Waals surface area contributed by atoms with Crippen LogP contribution < -0.4 is 4.90 Å². The van der Waals surface area contributed by atoms with Crippen molar-refractivity contribution in [3.63, 3.8) is 0 Å². The van der Waals surface area contributed by atoms with E-state index in [9.17, 15) is 4.79 Å². The highest BCUT2D eigenvalue weighted by Gasteiger charge is 2.42. The number of piperidine rings is 2. The lowest BCUT2D eigenvalue weighted by Gasteiger charge is -2.49. The third-order valence-electron chi connectivity index (χ3n) is 5.89. The minimum Gasteiger partial charge on any atom is -0.356 e. The summed E-state index contributed by atoms with van der Waals surface area (Å²) in [5, 5.41) is 1.19. The van der Waals surface area contributed by atoms with Crippen LogP contribution in [-0.2, 0) is 4.79 Å². The Hall–Kier alpha value is -2.10. The molecule has 132 valence electrons. The summed E-state index contributed by atoms with van der Waals surface area (Å²) in [4.78, 5) is 21.7. The van der Waals surface area contributed by atoms with E-state index in [1.807, 2.05) is 6.07 Å². The first kappa shape index (κ1) is 16.4. The standard InChI is InChI=1S/C21H27N3O/c1-16(2)24-15-21(12-10-20(24)25)11-5-13-23(14-21)19-9-8-17-6-3-4-7-18(17)22-19/h3-4,6-9,16H,5,10-15H2,1-2H3/t21-/m0/s1. The van der Waals surface area contributed by atoms with Crippen molar-refractivity contribution in [2.75, 3.05) is 24.5 Å². The minimum atomic E-state index is 0.226. The van der Waals surface area contributed by atoms with Gasteiger partial charge in [0.1, 0.15) is 5.82 Å². The molecular weight excluding hydrogens is 310 g/mol. The molecule has 3 heterocycles. The minimum absolute atomic E-state index is 0.226. The second-order valence-electron chi connectivity index (χ2n) is 8.00. The van der Waals surface area contributed by atoms with Crippen LogP contribution in [0.1, 0.15) is 39.5 Å². The summed E-state index contributed by atoms with van der Waals surface area (Å²) in [6, 6.07) is 12.9.